The van der Waals surface area contributed by atoms with Gasteiger partial charge in [0.2, 0.25) is 11.8 Å². The molecule has 0 radical (unpaired) electrons. The number of unbranched alkanes of at least 4 members (excludes halogenated alkanes) is 1. The summed E-state index contributed by atoms with van der Waals surface area (Å²) in [5, 5.41) is 16.6. The van der Waals surface area contributed by atoms with Crippen molar-refractivity contribution in [3.8, 4) is 22.5 Å². The fraction of sp³-hybridized carbons (Fsp3) is 0.419. The molecule has 1 aromatic heterocycles. The highest BCUT2D eigenvalue weighted by atomic mass is 16.6. The first-order valence-corrected chi connectivity index (χ1v) is 15.5. The van der Waals surface area contributed by atoms with Crippen LogP contribution in [0.3, 0.4) is 0 Å². The number of carbonyl (C=O) groups excluding carboxylic acids is 4. The fourth-order valence-corrected chi connectivity index (χ4v) is 5.20. The molecule has 7 N–H and O–H groups in total. The maximum atomic E-state index is 13.8. The molecule has 0 spiro atoms. The third-order valence-corrected chi connectivity index (χ3v) is 7.48. The molecule has 1 unspecified atom stereocenters. The molecule has 1 atom stereocenters. The van der Waals surface area contributed by atoms with Crippen LogP contribution in [0.5, 0.6) is 0 Å². The number of fused-ring (bicyclic) bond motifs is 5. The number of nitrogens with zero attached hydrogens (tertiary/aromatic N) is 4. The molecule has 2 aromatic carbocycles. The number of alkyl carbamates (subject to hydrolysis) is 2. The Balaban J connectivity index is 1.38. The van der Waals surface area contributed by atoms with Crippen molar-refractivity contribution in [1.29, 1.82) is 0 Å². The number of para-hydroxylation sites is 1. The first-order valence-electron chi connectivity index (χ1n) is 15.5. The molecule has 1 aliphatic heterocycles. The summed E-state index contributed by atoms with van der Waals surface area (Å²) in [5.41, 5.74) is 4.82. The van der Waals surface area contributed by atoms with E-state index in [1.807, 2.05) is 55.6 Å². The molecule has 3 aromatic rings. The summed E-state index contributed by atoms with van der Waals surface area (Å²) in [6.07, 6.45) is -0.274. The third-order valence-electron chi connectivity index (χ3n) is 7.48. The molecule has 17 heteroatoms. The number of carbonyl (C=O) groups is 4. The van der Waals surface area contributed by atoms with Crippen molar-refractivity contribution in [2.24, 2.45) is 18.8 Å². The summed E-state index contributed by atoms with van der Waals surface area (Å²) < 4.78 is 11.6. The number of nitrogens with one attached hydrogen (secondary N) is 3. The third kappa shape index (κ3) is 9.71. The number of amides is 4. The minimum atomic E-state index is -0.967. The van der Waals surface area contributed by atoms with E-state index in [2.05, 4.69) is 35.9 Å². The lowest BCUT2D eigenvalue weighted by atomic mass is 9.95. The molecule has 0 saturated carbocycles. The van der Waals surface area contributed by atoms with E-state index < -0.39 is 24.1 Å². The van der Waals surface area contributed by atoms with Gasteiger partial charge in [-0.2, -0.15) is 0 Å². The number of aromatic nitrogens is 3. The van der Waals surface area contributed by atoms with E-state index in [4.69, 9.17) is 21.3 Å². The molecule has 2 heterocycles. The van der Waals surface area contributed by atoms with Crippen molar-refractivity contribution in [3.05, 3.63) is 54.1 Å². The van der Waals surface area contributed by atoms with Gasteiger partial charge in [0, 0.05) is 37.7 Å². The number of nitrogens with two attached hydrogens (primary N) is 2. The van der Waals surface area contributed by atoms with E-state index in [-0.39, 0.29) is 58.3 Å². The van der Waals surface area contributed by atoms with Crippen LogP contribution in [0.25, 0.3) is 22.5 Å². The highest BCUT2D eigenvalue weighted by Crippen LogP contribution is 2.40. The monoisotopic (exact) mass is 667 g/mol. The van der Waals surface area contributed by atoms with Gasteiger partial charge in [-0.25, -0.2) is 26.1 Å². The quantitative estimate of drug-likeness (QED) is 0.108. The highest BCUT2D eigenvalue weighted by Gasteiger charge is 2.29. The highest BCUT2D eigenvalue weighted by molar-refractivity contribution is 6.00. The molecule has 258 valence electrons. The van der Waals surface area contributed by atoms with Crippen LogP contribution >= 0.6 is 0 Å². The molecule has 0 bridgehead atoms. The zero-order chi connectivity index (χ0) is 34.3. The Kier molecular flexibility index (Phi) is 13.6. The van der Waals surface area contributed by atoms with Gasteiger partial charge in [0.1, 0.15) is 38.2 Å². The van der Waals surface area contributed by atoms with E-state index in [1.165, 1.54) is 0 Å². The molecule has 4 rings (SSSR count). The fourth-order valence-electron chi connectivity index (χ4n) is 5.20. The first-order chi connectivity index (χ1) is 23.3. The Bertz CT molecular complexity index is 1550. The predicted octanol–water partition coefficient (Wildman–Crippen LogP) is 1.27. The summed E-state index contributed by atoms with van der Waals surface area (Å²) in [5.74, 6) is 9.16. The number of benzene rings is 2. The topological polar surface area (TPSA) is 227 Å². The van der Waals surface area contributed by atoms with Crippen molar-refractivity contribution in [3.63, 3.8) is 0 Å². The largest absolute Gasteiger partial charge is 0.447 e. The number of hydrogen-bond donors (Lipinski definition) is 5. The van der Waals surface area contributed by atoms with Crippen LogP contribution in [0.1, 0.15) is 31.2 Å². The molecule has 0 fully saturated rings. The molecular weight excluding hydrogens is 626 g/mol. The molecule has 17 nitrogen and oxygen atoms in total. The van der Waals surface area contributed by atoms with Crippen molar-refractivity contribution >= 4 is 29.7 Å². The second-order valence-electron chi connectivity index (χ2n) is 10.7. The number of ether oxygens (including phenoxy) is 2. The number of hydrogen-bond acceptors (Lipinski definition) is 12. The van der Waals surface area contributed by atoms with Crippen LogP contribution in [0, 0.1) is 0 Å². The lowest BCUT2D eigenvalue weighted by molar-refractivity contribution is -0.123. The SMILES string of the molecule is Cn1nnc2c1-c1ccccc1N(C(=O)CCNC(=O)C(CCCCNC(=O)OCCON)NC(=O)OCCON)Cc1ccccc1-2. The Morgan fingerprint density at radius 3 is 2.29 bits per heavy atom. The van der Waals surface area contributed by atoms with Crippen LogP contribution in [0.15, 0.2) is 48.5 Å². The van der Waals surface area contributed by atoms with Gasteiger partial charge in [0.25, 0.3) is 0 Å². The van der Waals surface area contributed by atoms with Gasteiger partial charge >= 0.3 is 12.2 Å². The average Bonchev–Trinajstić information content (AvgIpc) is 3.46. The Morgan fingerprint density at radius 1 is 0.854 bits per heavy atom. The molecule has 4 amide bonds. The van der Waals surface area contributed by atoms with Crippen LogP contribution in [0.2, 0.25) is 0 Å². The first kappa shape index (κ1) is 35.7. The van der Waals surface area contributed by atoms with Gasteiger partial charge in [-0.3, -0.25) is 9.59 Å². The number of anilines is 1. The lowest BCUT2D eigenvalue weighted by Gasteiger charge is -2.28. The van der Waals surface area contributed by atoms with E-state index in [0.29, 0.717) is 25.1 Å². The minimum Gasteiger partial charge on any atom is -0.447 e. The molecular formula is C31H41N9O8. The zero-order valence-electron chi connectivity index (χ0n) is 26.7. The molecule has 0 saturated heterocycles. The zero-order valence-corrected chi connectivity index (χ0v) is 26.7. The summed E-state index contributed by atoms with van der Waals surface area (Å²) in [6.45, 7) is 0.538. The van der Waals surface area contributed by atoms with Crippen LogP contribution in [-0.2, 0) is 42.3 Å². The van der Waals surface area contributed by atoms with Gasteiger partial charge in [0.15, 0.2) is 0 Å². The van der Waals surface area contributed by atoms with Crippen molar-refractivity contribution < 1.29 is 38.3 Å². The van der Waals surface area contributed by atoms with Crippen molar-refractivity contribution in [2.45, 2.75) is 38.3 Å². The van der Waals surface area contributed by atoms with E-state index >= 15 is 0 Å². The Labute approximate surface area is 277 Å². The van der Waals surface area contributed by atoms with Gasteiger partial charge in [-0.1, -0.05) is 47.7 Å². The minimum absolute atomic E-state index is 0.00860. The van der Waals surface area contributed by atoms with Gasteiger partial charge < -0.3 is 40.0 Å². The maximum Gasteiger partial charge on any atom is 0.407 e. The summed E-state index contributed by atoms with van der Waals surface area (Å²) >= 11 is 0. The van der Waals surface area contributed by atoms with Crippen LogP contribution < -0.4 is 32.6 Å². The standard InChI is InChI=1S/C31H41N9O8/c1-39-28-23-10-4-5-12-25(23)40(20-21-8-2-3-9-22(21)27(28)37-38-39)26(41)13-15-34-29(42)24(36-31(44)46-17-19-48-33)11-6-7-14-35-30(43)45-16-18-47-32/h2-5,8-10,12,24H,6-7,11,13-20,32-33H2,1H3,(H,34,42)(H,35,43)(H,36,44). The normalized spacial score (nSPS) is 12.4. The lowest BCUT2D eigenvalue weighted by Crippen LogP contribution is -2.48. The average molecular weight is 668 g/mol. The van der Waals surface area contributed by atoms with Crippen LogP contribution in [0.4, 0.5) is 15.3 Å². The van der Waals surface area contributed by atoms with E-state index in [1.54, 1.807) is 9.58 Å². The van der Waals surface area contributed by atoms with Crippen molar-refractivity contribution in [2.75, 3.05) is 44.4 Å². The van der Waals surface area contributed by atoms with Crippen LogP contribution in [-0.4, -0.2) is 84.6 Å². The molecule has 48 heavy (non-hydrogen) atoms. The second kappa shape index (κ2) is 18.3. The van der Waals surface area contributed by atoms with Crippen molar-refractivity contribution in [1.82, 2.24) is 30.9 Å². The van der Waals surface area contributed by atoms with E-state index in [9.17, 15) is 19.2 Å². The Morgan fingerprint density at radius 2 is 1.54 bits per heavy atom. The molecule has 1 aliphatic rings. The summed E-state index contributed by atoms with van der Waals surface area (Å²) in [4.78, 5) is 61.5. The van der Waals surface area contributed by atoms with Gasteiger partial charge in [-0.15, -0.1) is 5.10 Å². The maximum absolute atomic E-state index is 13.8. The van der Waals surface area contributed by atoms with Gasteiger partial charge in [-0.05, 0) is 30.9 Å². The summed E-state index contributed by atoms with van der Waals surface area (Å²) in [7, 11) is 1.81. The number of aryl methyl sites for hydroxylation is 1. The van der Waals surface area contributed by atoms with Gasteiger partial charge in [0.05, 0.1) is 17.9 Å². The van der Waals surface area contributed by atoms with E-state index in [0.717, 1.165) is 28.1 Å². The Hall–Kier alpha value is -5.10. The summed E-state index contributed by atoms with van der Waals surface area (Å²) in [6, 6.07) is 14.3. The molecule has 0 aliphatic carbocycles. The smallest absolute Gasteiger partial charge is 0.407 e. The number of rotatable bonds is 16. The second-order valence-corrected chi connectivity index (χ2v) is 10.7. The predicted molar refractivity (Wildman–Crippen MR) is 172 cm³/mol.